The van der Waals surface area contributed by atoms with Crippen LogP contribution in [0.4, 0.5) is 11.4 Å². The number of benzene rings is 2. The topological polar surface area (TPSA) is 122 Å². The molecule has 0 aromatic heterocycles. The van der Waals surface area contributed by atoms with Crippen LogP contribution in [0.2, 0.25) is 0 Å². The molecule has 0 unspecified atom stereocenters. The first kappa shape index (κ1) is 17.6. The zero-order valence-corrected chi connectivity index (χ0v) is 13.1. The first-order valence-corrected chi connectivity index (χ1v) is 7.26. The van der Waals surface area contributed by atoms with Crippen LogP contribution in [0.25, 0.3) is 0 Å². The van der Waals surface area contributed by atoms with Crippen molar-refractivity contribution in [3.63, 3.8) is 0 Å². The molecule has 0 radical (unpaired) electrons. The first-order valence-electron chi connectivity index (χ1n) is 7.26. The van der Waals surface area contributed by atoms with Gasteiger partial charge in [0.15, 0.2) is 0 Å². The van der Waals surface area contributed by atoms with Gasteiger partial charge in [-0.1, -0.05) is 18.2 Å². The predicted octanol–water partition coefficient (Wildman–Crippen LogP) is 2.48. The lowest BCUT2D eigenvalue weighted by atomic mass is 10.1. The molecule has 0 bridgehead atoms. The maximum absolute atomic E-state index is 12.1. The third kappa shape index (κ3) is 5.41. The third-order valence-electron chi connectivity index (χ3n) is 3.16. The highest BCUT2D eigenvalue weighted by Crippen LogP contribution is 2.16. The average molecular weight is 337 g/mol. The number of aliphatic carboxylic acids is 1. The molecule has 0 fully saturated rings. The highest BCUT2D eigenvalue weighted by molar-refractivity contribution is 6.06. The van der Waals surface area contributed by atoms with Crippen molar-refractivity contribution in [1.29, 1.82) is 5.26 Å². The van der Waals surface area contributed by atoms with E-state index in [-0.39, 0.29) is 17.7 Å². The van der Waals surface area contributed by atoms with E-state index in [0.717, 1.165) is 0 Å². The highest BCUT2D eigenvalue weighted by atomic mass is 16.4. The molecule has 2 aromatic carbocycles. The Balaban J connectivity index is 2.03. The second-order valence-electron chi connectivity index (χ2n) is 5.09. The van der Waals surface area contributed by atoms with Gasteiger partial charge in [0.05, 0.1) is 6.42 Å². The summed E-state index contributed by atoms with van der Waals surface area (Å²) in [6.45, 7) is 0. The number of nitriles is 1. The molecular weight excluding hydrogens is 322 g/mol. The Morgan fingerprint density at radius 3 is 2.44 bits per heavy atom. The van der Waals surface area contributed by atoms with E-state index in [1.807, 2.05) is 0 Å². The molecule has 0 heterocycles. The Kier molecular flexibility index (Phi) is 5.74. The van der Waals surface area contributed by atoms with Crippen LogP contribution in [-0.2, 0) is 16.0 Å². The van der Waals surface area contributed by atoms with Crippen molar-refractivity contribution in [2.75, 3.05) is 10.6 Å². The normalized spacial score (nSPS) is 10.6. The Hall–Kier alpha value is -3.79. The fourth-order valence-electron chi connectivity index (χ4n) is 1.98. The number of phenolic OH excluding ortho intramolecular Hbond substituents is 1. The van der Waals surface area contributed by atoms with Crippen molar-refractivity contribution in [1.82, 2.24) is 0 Å². The number of amides is 1. The van der Waals surface area contributed by atoms with Gasteiger partial charge in [-0.2, -0.15) is 5.26 Å². The second kappa shape index (κ2) is 8.17. The lowest BCUT2D eigenvalue weighted by Gasteiger charge is -2.06. The molecule has 2 aromatic rings. The second-order valence-corrected chi connectivity index (χ2v) is 5.09. The smallest absolute Gasteiger partial charge is 0.307 e. The third-order valence-corrected chi connectivity index (χ3v) is 3.16. The Morgan fingerprint density at radius 1 is 1.12 bits per heavy atom. The molecule has 7 nitrogen and oxygen atoms in total. The van der Waals surface area contributed by atoms with E-state index in [1.54, 1.807) is 42.5 Å². The van der Waals surface area contributed by atoms with E-state index in [0.29, 0.717) is 16.9 Å². The van der Waals surface area contributed by atoms with Crippen LogP contribution in [0, 0.1) is 11.3 Å². The average Bonchev–Trinajstić information content (AvgIpc) is 2.56. The van der Waals surface area contributed by atoms with Gasteiger partial charge in [-0.3, -0.25) is 9.59 Å². The molecule has 2 rings (SSSR count). The van der Waals surface area contributed by atoms with Gasteiger partial charge in [0.2, 0.25) is 0 Å². The Bertz CT molecular complexity index is 851. The molecular formula is C18H15N3O4. The number of carbonyl (C=O) groups is 2. The number of aromatic hydroxyl groups is 1. The number of phenols is 1. The zero-order valence-electron chi connectivity index (χ0n) is 13.1. The van der Waals surface area contributed by atoms with E-state index in [1.165, 1.54) is 18.3 Å². The fourth-order valence-corrected chi connectivity index (χ4v) is 1.98. The van der Waals surface area contributed by atoms with Crippen molar-refractivity contribution in [3.05, 3.63) is 65.9 Å². The number of anilines is 2. The number of hydrogen-bond acceptors (Lipinski definition) is 5. The fraction of sp³-hybridized carbons (Fsp3) is 0.0556. The zero-order chi connectivity index (χ0) is 18.2. The summed E-state index contributed by atoms with van der Waals surface area (Å²) < 4.78 is 0. The molecule has 1 amide bonds. The standard InChI is InChI=1S/C18H15N3O4/c19-10-13(18(25)21-15-2-1-3-16(22)9-15)11-20-14-6-4-12(5-7-14)8-17(23)24/h1-7,9,11,20,22H,8H2,(H,21,25)(H,23,24)/b13-11-. The molecule has 0 saturated carbocycles. The van der Waals surface area contributed by atoms with Crippen LogP contribution < -0.4 is 10.6 Å². The van der Waals surface area contributed by atoms with Crippen molar-refractivity contribution in [2.24, 2.45) is 0 Å². The number of carbonyl (C=O) groups excluding carboxylic acids is 1. The van der Waals surface area contributed by atoms with Gasteiger partial charge in [0.1, 0.15) is 17.4 Å². The predicted molar refractivity (Wildman–Crippen MR) is 91.8 cm³/mol. The number of rotatable bonds is 6. The molecule has 4 N–H and O–H groups in total. The first-order chi connectivity index (χ1) is 12.0. The lowest BCUT2D eigenvalue weighted by Crippen LogP contribution is -2.14. The minimum absolute atomic E-state index is 0.000127. The molecule has 25 heavy (non-hydrogen) atoms. The molecule has 0 atom stereocenters. The quantitative estimate of drug-likeness (QED) is 0.474. The molecule has 126 valence electrons. The van der Waals surface area contributed by atoms with Gasteiger partial charge in [-0.25, -0.2) is 0 Å². The van der Waals surface area contributed by atoms with Crippen LogP contribution in [-0.4, -0.2) is 22.1 Å². The monoisotopic (exact) mass is 337 g/mol. The van der Waals surface area contributed by atoms with Crippen molar-refractivity contribution >= 4 is 23.3 Å². The largest absolute Gasteiger partial charge is 0.508 e. The summed E-state index contributed by atoms with van der Waals surface area (Å²) >= 11 is 0. The van der Waals surface area contributed by atoms with E-state index < -0.39 is 11.9 Å². The summed E-state index contributed by atoms with van der Waals surface area (Å²) in [5.74, 6) is -1.54. The Labute approximate surface area is 143 Å². The van der Waals surface area contributed by atoms with E-state index >= 15 is 0 Å². The summed E-state index contributed by atoms with van der Waals surface area (Å²) in [6, 6.07) is 14.4. The summed E-state index contributed by atoms with van der Waals surface area (Å²) in [5.41, 5.74) is 1.46. The van der Waals surface area contributed by atoms with E-state index in [9.17, 15) is 14.7 Å². The molecule has 0 aliphatic carbocycles. The van der Waals surface area contributed by atoms with Gasteiger partial charge >= 0.3 is 5.97 Å². The minimum Gasteiger partial charge on any atom is -0.508 e. The van der Waals surface area contributed by atoms with Gasteiger partial charge in [0, 0.05) is 23.6 Å². The molecule has 0 aliphatic heterocycles. The number of nitrogens with zero attached hydrogens (tertiary/aromatic N) is 1. The lowest BCUT2D eigenvalue weighted by molar-refractivity contribution is -0.136. The van der Waals surface area contributed by atoms with E-state index in [4.69, 9.17) is 10.4 Å². The summed E-state index contributed by atoms with van der Waals surface area (Å²) in [5, 5.41) is 32.5. The number of hydrogen-bond donors (Lipinski definition) is 4. The SMILES string of the molecule is N#C/C(=C/Nc1ccc(CC(=O)O)cc1)C(=O)Nc1cccc(O)c1. The van der Waals surface area contributed by atoms with Crippen molar-refractivity contribution in [3.8, 4) is 11.8 Å². The van der Waals surface area contributed by atoms with Crippen LogP contribution >= 0.6 is 0 Å². The molecule has 0 aliphatic rings. The van der Waals surface area contributed by atoms with E-state index in [2.05, 4.69) is 10.6 Å². The van der Waals surface area contributed by atoms with Gasteiger partial charge in [0.25, 0.3) is 5.91 Å². The maximum Gasteiger partial charge on any atom is 0.307 e. The van der Waals surface area contributed by atoms with Gasteiger partial charge < -0.3 is 20.8 Å². The highest BCUT2D eigenvalue weighted by Gasteiger charge is 2.09. The molecule has 7 heteroatoms. The molecule has 0 saturated heterocycles. The summed E-state index contributed by atoms with van der Waals surface area (Å²) in [4.78, 5) is 22.7. The number of nitrogens with one attached hydrogen (secondary N) is 2. The molecule has 0 spiro atoms. The minimum atomic E-state index is -0.920. The number of carboxylic acids is 1. The number of carboxylic acid groups (broad SMARTS) is 1. The van der Waals surface area contributed by atoms with Crippen molar-refractivity contribution in [2.45, 2.75) is 6.42 Å². The Morgan fingerprint density at radius 2 is 1.84 bits per heavy atom. The summed E-state index contributed by atoms with van der Waals surface area (Å²) in [6.07, 6.45) is 1.18. The van der Waals surface area contributed by atoms with Crippen LogP contribution in [0.5, 0.6) is 5.75 Å². The van der Waals surface area contributed by atoms with Gasteiger partial charge in [-0.15, -0.1) is 0 Å². The maximum atomic E-state index is 12.1. The van der Waals surface area contributed by atoms with Crippen LogP contribution in [0.15, 0.2) is 60.3 Å². The summed E-state index contributed by atoms with van der Waals surface area (Å²) in [7, 11) is 0. The van der Waals surface area contributed by atoms with Gasteiger partial charge in [-0.05, 0) is 29.8 Å². The van der Waals surface area contributed by atoms with Crippen LogP contribution in [0.1, 0.15) is 5.56 Å². The van der Waals surface area contributed by atoms with Crippen LogP contribution in [0.3, 0.4) is 0 Å². The van der Waals surface area contributed by atoms with Crippen molar-refractivity contribution < 1.29 is 19.8 Å².